The van der Waals surface area contributed by atoms with Crippen LogP contribution in [0.1, 0.15) is 63.5 Å². The Morgan fingerprint density at radius 2 is 1.45 bits per heavy atom. The highest BCUT2D eigenvalue weighted by Crippen LogP contribution is 2.42. The van der Waals surface area contributed by atoms with E-state index < -0.39 is 5.89 Å². The van der Waals surface area contributed by atoms with Gasteiger partial charge in [-0.3, -0.25) is 0 Å². The monoisotopic (exact) mass is 293 g/mol. The molecule has 0 aromatic heterocycles. The van der Waals surface area contributed by atoms with Crippen LogP contribution in [0.25, 0.3) is 11.1 Å². The van der Waals surface area contributed by atoms with E-state index in [1.54, 1.807) is 0 Å². The quantitative estimate of drug-likeness (QED) is 0.581. The van der Waals surface area contributed by atoms with E-state index in [-0.39, 0.29) is 0 Å². The van der Waals surface area contributed by atoms with Crippen LogP contribution in [-0.4, -0.2) is 0 Å². The molecule has 22 heavy (non-hydrogen) atoms. The molecule has 1 saturated carbocycles. The Kier molecular flexibility index (Phi) is 3.78. The Morgan fingerprint density at radius 3 is 2.05 bits per heavy atom. The van der Waals surface area contributed by atoms with Crippen molar-refractivity contribution < 1.29 is 1.37 Å². The molecule has 1 fully saturated rings. The Hall–Kier alpha value is -1.56. The van der Waals surface area contributed by atoms with Crippen LogP contribution in [0, 0.1) is 19.3 Å². The van der Waals surface area contributed by atoms with Gasteiger partial charge in [0.15, 0.2) is 0 Å². The van der Waals surface area contributed by atoms with Crippen molar-refractivity contribution in [2.24, 2.45) is 5.41 Å². The van der Waals surface area contributed by atoms with Gasteiger partial charge >= 0.3 is 0 Å². The highest BCUT2D eigenvalue weighted by Gasteiger charge is 2.27. The summed E-state index contributed by atoms with van der Waals surface area (Å²) < 4.78 is 8.88. The zero-order chi connectivity index (χ0) is 16.7. The fraction of sp³-hybridized carbons (Fsp3) is 0.455. The van der Waals surface area contributed by atoms with E-state index in [0.29, 0.717) is 5.41 Å². The van der Waals surface area contributed by atoms with Gasteiger partial charge in [-0.25, -0.2) is 0 Å². The number of hydrogen-bond donors (Lipinski definition) is 0. The molecule has 0 heterocycles. The standard InChI is InChI=1S/C22H28/c1-16-5-6-21(15-17(16)2)19-9-7-18(8-10-19)20-11-13-22(3,4)14-12-20/h5-10,15,20H,11-14H2,1-4H3/i20D. The molecule has 116 valence electrons. The molecule has 1 aliphatic carbocycles. The van der Waals surface area contributed by atoms with E-state index in [0.717, 1.165) is 25.7 Å². The Balaban J connectivity index is 1.83. The van der Waals surface area contributed by atoms with Crippen LogP contribution in [0.15, 0.2) is 42.5 Å². The highest BCUT2D eigenvalue weighted by molar-refractivity contribution is 5.65. The zero-order valence-electron chi connectivity index (χ0n) is 15.4. The van der Waals surface area contributed by atoms with E-state index in [9.17, 15) is 0 Å². The molecular weight excluding hydrogens is 264 g/mol. The van der Waals surface area contributed by atoms with Gasteiger partial charge in [-0.2, -0.15) is 0 Å². The van der Waals surface area contributed by atoms with E-state index in [1.807, 2.05) is 0 Å². The first kappa shape index (κ1) is 14.1. The Morgan fingerprint density at radius 1 is 0.864 bits per heavy atom. The third-order valence-electron chi connectivity index (χ3n) is 5.34. The molecule has 0 aliphatic heterocycles. The van der Waals surface area contributed by atoms with Gasteiger partial charge in [0.1, 0.15) is 0 Å². The molecule has 2 aromatic carbocycles. The van der Waals surface area contributed by atoms with Gasteiger partial charge in [0.2, 0.25) is 0 Å². The average molecular weight is 293 g/mol. The van der Waals surface area contributed by atoms with Gasteiger partial charge < -0.3 is 0 Å². The molecule has 0 saturated heterocycles. The summed E-state index contributed by atoms with van der Waals surface area (Å²) in [6.45, 7) is 8.97. The lowest BCUT2D eigenvalue weighted by Crippen LogP contribution is -2.20. The fourth-order valence-corrected chi connectivity index (χ4v) is 3.34. The van der Waals surface area contributed by atoms with Gasteiger partial charge in [-0.15, -0.1) is 0 Å². The van der Waals surface area contributed by atoms with Crippen LogP contribution in [0.5, 0.6) is 0 Å². The summed E-state index contributed by atoms with van der Waals surface area (Å²) in [4.78, 5) is 0. The van der Waals surface area contributed by atoms with Crippen LogP contribution < -0.4 is 0 Å². The maximum atomic E-state index is 8.88. The van der Waals surface area contributed by atoms with Crippen molar-refractivity contribution in [3.8, 4) is 11.1 Å². The van der Waals surface area contributed by atoms with Gasteiger partial charge in [-0.1, -0.05) is 56.3 Å². The normalized spacial score (nSPS) is 20.5. The summed E-state index contributed by atoms with van der Waals surface area (Å²) in [7, 11) is 0. The van der Waals surface area contributed by atoms with Crippen LogP contribution in [0.2, 0.25) is 0 Å². The topological polar surface area (TPSA) is 0 Å². The first-order valence-corrected chi connectivity index (χ1v) is 8.47. The van der Waals surface area contributed by atoms with E-state index in [1.165, 1.54) is 27.8 Å². The number of hydrogen-bond acceptors (Lipinski definition) is 0. The second-order valence-electron chi connectivity index (χ2n) is 7.64. The summed E-state index contributed by atoms with van der Waals surface area (Å²) in [6, 6.07) is 15.4. The third-order valence-corrected chi connectivity index (χ3v) is 5.34. The molecule has 0 heteroatoms. The predicted molar refractivity (Wildman–Crippen MR) is 96.3 cm³/mol. The molecule has 2 aromatic rings. The number of aryl methyl sites for hydroxylation is 2. The van der Waals surface area contributed by atoms with Crippen molar-refractivity contribution >= 4 is 0 Å². The maximum Gasteiger partial charge on any atom is 0.0352 e. The van der Waals surface area contributed by atoms with Crippen molar-refractivity contribution in [3.05, 3.63) is 59.2 Å². The maximum absolute atomic E-state index is 8.88. The predicted octanol–water partition coefficient (Wildman–Crippen LogP) is 6.65. The number of rotatable bonds is 2. The minimum absolute atomic E-state index is 0.392. The summed E-state index contributed by atoms with van der Waals surface area (Å²) in [5, 5.41) is 0. The van der Waals surface area contributed by atoms with E-state index in [2.05, 4.69) is 70.2 Å². The molecular formula is C22H28. The summed E-state index contributed by atoms with van der Waals surface area (Å²) in [6.07, 6.45) is 4.25. The molecule has 0 atom stereocenters. The first-order chi connectivity index (χ1) is 10.8. The molecule has 3 rings (SSSR count). The van der Waals surface area contributed by atoms with Crippen LogP contribution >= 0.6 is 0 Å². The fourth-order valence-electron chi connectivity index (χ4n) is 3.34. The van der Waals surface area contributed by atoms with Crippen molar-refractivity contribution in [2.45, 2.75) is 59.3 Å². The van der Waals surface area contributed by atoms with Crippen LogP contribution in [0.3, 0.4) is 0 Å². The van der Waals surface area contributed by atoms with Crippen molar-refractivity contribution in [1.82, 2.24) is 0 Å². The van der Waals surface area contributed by atoms with E-state index in [4.69, 9.17) is 1.37 Å². The second kappa shape index (κ2) is 5.91. The smallest absolute Gasteiger partial charge is 0.0352 e. The van der Waals surface area contributed by atoms with Crippen molar-refractivity contribution in [2.75, 3.05) is 0 Å². The van der Waals surface area contributed by atoms with Crippen LogP contribution in [0.4, 0.5) is 0 Å². The van der Waals surface area contributed by atoms with Gasteiger partial charge in [-0.05, 0) is 78.7 Å². The molecule has 0 amide bonds. The van der Waals surface area contributed by atoms with Gasteiger partial charge in [0.25, 0.3) is 0 Å². The lowest BCUT2D eigenvalue weighted by molar-refractivity contribution is 0.224. The summed E-state index contributed by atoms with van der Waals surface area (Å²) >= 11 is 0. The molecule has 0 N–H and O–H groups in total. The zero-order valence-corrected chi connectivity index (χ0v) is 14.4. The van der Waals surface area contributed by atoms with Crippen molar-refractivity contribution in [3.63, 3.8) is 0 Å². The lowest BCUT2D eigenvalue weighted by Gasteiger charge is -2.34. The molecule has 0 nitrogen and oxygen atoms in total. The molecule has 0 unspecified atom stereocenters. The summed E-state index contributed by atoms with van der Waals surface area (Å²) in [5.41, 5.74) is 6.77. The largest absolute Gasteiger partial charge is 0.0599 e. The lowest BCUT2D eigenvalue weighted by atomic mass is 9.71. The van der Waals surface area contributed by atoms with Crippen LogP contribution in [-0.2, 0) is 0 Å². The highest BCUT2D eigenvalue weighted by atomic mass is 14.3. The SMILES string of the molecule is [2H]C1(c2ccc(-c3ccc(C)c(C)c3)cc2)CCC(C)(C)CC1. The third kappa shape index (κ3) is 3.27. The van der Waals surface area contributed by atoms with Gasteiger partial charge in [0.05, 0.1) is 0 Å². The molecule has 0 radical (unpaired) electrons. The Labute approximate surface area is 137 Å². The first-order valence-electron chi connectivity index (χ1n) is 8.97. The van der Waals surface area contributed by atoms with Crippen molar-refractivity contribution in [1.29, 1.82) is 0 Å². The minimum Gasteiger partial charge on any atom is -0.0599 e. The van der Waals surface area contributed by atoms with E-state index >= 15 is 0 Å². The second-order valence-corrected chi connectivity index (χ2v) is 7.64. The summed E-state index contributed by atoms with van der Waals surface area (Å²) in [5.74, 6) is -0.392. The van der Waals surface area contributed by atoms with Gasteiger partial charge in [0, 0.05) is 1.37 Å². The Bertz CT molecular complexity index is 684. The average Bonchev–Trinajstić information content (AvgIpc) is 2.53. The molecule has 0 bridgehead atoms. The molecule has 1 aliphatic rings. The number of benzene rings is 2. The minimum atomic E-state index is -0.392. The molecule has 0 spiro atoms.